The first-order chi connectivity index (χ1) is 6.52. The van der Waals surface area contributed by atoms with Crippen LogP contribution in [0, 0.1) is 6.92 Å². The highest BCUT2D eigenvalue weighted by Gasteiger charge is 2.05. The number of aromatic hydroxyl groups is 2. The third-order valence-corrected chi connectivity index (χ3v) is 1.84. The number of carboxylic acids is 1. The summed E-state index contributed by atoms with van der Waals surface area (Å²) in [4.78, 5) is 10.2. The van der Waals surface area contributed by atoms with Gasteiger partial charge in [-0.1, -0.05) is 0 Å². The number of carbonyl (C=O) groups is 1. The molecule has 74 valence electrons. The van der Waals surface area contributed by atoms with Crippen LogP contribution in [0.1, 0.15) is 11.1 Å². The first-order valence-electron chi connectivity index (χ1n) is 3.95. The van der Waals surface area contributed by atoms with E-state index in [0.29, 0.717) is 11.1 Å². The van der Waals surface area contributed by atoms with Crippen molar-refractivity contribution >= 4 is 12.0 Å². The number of carboxylic acid groups (broad SMARTS) is 1. The molecule has 0 unspecified atom stereocenters. The summed E-state index contributed by atoms with van der Waals surface area (Å²) in [6.07, 6.45) is 2.19. The van der Waals surface area contributed by atoms with Gasteiger partial charge in [0.25, 0.3) is 0 Å². The average Bonchev–Trinajstić information content (AvgIpc) is 2.13. The molecule has 14 heavy (non-hydrogen) atoms. The fourth-order valence-corrected chi connectivity index (χ4v) is 1.01. The molecule has 4 heteroatoms. The van der Waals surface area contributed by atoms with E-state index in [1.807, 2.05) is 0 Å². The maximum atomic E-state index is 10.2. The summed E-state index contributed by atoms with van der Waals surface area (Å²) in [5.74, 6) is -1.22. The van der Waals surface area contributed by atoms with Crippen molar-refractivity contribution in [2.24, 2.45) is 0 Å². The first-order valence-corrected chi connectivity index (χ1v) is 3.95. The molecule has 1 aromatic rings. The fourth-order valence-electron chi connectivity index (χ4n) is 1.01. The smallest absolute Gasteiger partial charge is 0.328 e. The molecule has 1 rings (SSSR count). The van der Waals surface area contributed by atoms with E-state index >= 15 is 0 Å². The molecule has 0 aliphatic rings. The number of rotatable bonds is 2. The van der Waals surface area contributed by atoms with Gasteiger partial charge in [-0.3, -0.25) is 0 Å². The molecule has 0 heterocycles. The van der Waals surface area contributed by atoms with E-state index in [2.05, 4.69) is 0 Å². The molecule has 0 aromatic heterocycles. The van der Waals surface area contributed by atoms with Crippen LogP contribution in [-0.2, 0) is 4.79 Å². The number of phenols is 2. The second kappa shape index (κ2) is 3.83. The number of hydrogen-bond acceptors (Lipinski definition) is 3. The van der Waals surface area contributed by atoms with Crippen molar-refractivity contribution in [3.63, 3.8) is 0 Å². The molecule has 0 amide bonds. The van der Waals surface area contributed by atoms with Gasteiger partial charge < -0.3 is 15.3 Å². The minimum absolute atomic E-state index is 0.0185. The Balaban J connectivity index is 3.12. The van der Waals surface area contributed by atoms with Crippen molar-refractivity contribution in [1.29, 1.82) is 0 Å². The normalized spacial score (nSPS) is 10.6. The maximum absolute atomic E-state index is 10.2. The zero-order valence-electron chi connectivity index (χ0n) is 7.56. The van der Waals surface area contributed by atoms with Gasteiger partial charge >= 0.3 is 5.97 Å². The van der Waals surface area contributed by atoms with Gasteiger partial charge in [-0.15, -0.1) is 0 Å². The third kappa shape index (κ3) is 2.04. The van der Waals surface area contributed by atoms with Crippen molar-refractivity contribution in [2.75, 3.05) is 0 Å². The monoisotopic (exact) mass is 194 g/mol. The van der Waals surface area contributed by atoms with Crippen molar-refractivity contribution in [3.05, 3.63) is 29.3 Å². The molecule has 0 aliphatic heterocycles. The fraction of sp³-hybridized carbons (Fsp3) is 0.100. The predicted molar refractivity (Wildman–Crippen MR) is 51.2 cm³/mol. The summed E-state index contributed by atoms with van der Waals surface area (Å²) in [6.45, 7) is 1.54. The van der Waals surface area contributed by atoms with Gasteiger partial charge in [0.15, 0.2) is 0 Å². The van der Waals surface area contributed by atoms with Gasteiger partial charge in [0.2, 0.25) is 0 Å². The molecule has 0 saturated heterocycles. The van der Waals surface area contributed by atoms with Crippen LogP contribution in [0.2, 0.25) is 0 Å². The zero-order valence-corrected chi connectivity index (χ0v) is 7.56. The zero-order chi connectivity index (χ0) is 10.7. The SMILES string of the molecule is Cc1c(O)ccc(C=CC(=O)O)c1O. The van der Waals surface area contributed by atoms with Gasteiger partial charge in [0.1, 0.15) is 11.5 Å². The molecular formula is C10H10O4. The number of hydrogen-bond donors (Lipinski definition) is 3. The predicted octanol–water partition coefficient (Wildman–Crippen LogP) is 1.50. The summed E-state index contributed by atoms with van der Waals surface area (Å²) < 4.78 is 0. The Labute approximate surface area is 80.7 Å². The van der Waals surface area contributed by atoms with Crippen molar-refractivity contribution in [1.82, 2.24) is 0 Å². The molecule has 0 atom stereocenters. The second-order valence-corrected chi connectivity index (χ2v) is 2.82. The summed E-state index contributed by atoms with van der Waals surface area (Å²) in [5.41, 5.74) is 0.695. The molecule has 0 spiro atoms. The van der Waals surface area contributed by atoms with Gasteiger partial charge in [-0.05, 0) is 25.1 Å². The topological polar surface area (TPSA) is 77.8 Å². The van der Waals surface area contributed by atoms with E-state index in [1.54, 1.807) is 6.92 Å². The Morgan fingerprint density at radius 1 is 1.36 bits per heavy atom. The summed E-state index contributed by atoms with van der Waals surface area (Å²) in [6, 6.07) is 2.84. The summed E-state index contributed by atoms with van der Waals surface area (Å²) >= 11 is 0. The number of phenolic OH excluding ortho intramolecular Hbond substituents is 2. The highest BCUT2D eigenvalue weighted by Crippen LogP contribution is 2.29. The quantitative estimate of drug-likeness (QED) is 0.623. The Morgan fingerprint density at radius 3 is 2.57 bits per heavy atom. The minimum atomic E-state index is -1.09. The maximum Gasteiger partial charge on any atom is 0.328 e. The van der Waals surface area contributed by atoms with Crippen LogP contribution in [-0.4, -0.2) is 21.3 Å². The molecule has 0 aliphatic carbocycles. The summed E-state index contributed by atoms with van der Waals surface area (Å²) in [5, 5.41) is 27.1. The van der Waals surface area contributed by atoms with E-state index in [-0.39, 0.29) is 11.5 Å². The molecule has 0 radical (unpaired) electrons. The highest BCUT2D eigenvalue weighted by atomic mass is 16.4. The van der Waals surface area contributed by atoms with Crippen molar-refractivity contribution in [3.8, 4) is 11.5 Å². The largest absolute Gasteiger partial charge is 0.508 e. The second-order valence-electron chi connectivity index (χ2n) is 2.82. The molecular weight excluding hydrogens is 184 g/mol. The van der Waals surface area contributed by atoms with E-state index in [9.17, 15) is 15.0 Å². The van der Waals surface area contributed by atoms with E-state index in [0.717, 1.165) is 6.08 Å². The van der Waals surface area contributed by atoms with Crippen LogP contribution >= 0.6 is 0 Å². The number of benzene rings is 1. The lowest BCUT2D eigenvalue weighted by Gasteiger charge is -2.04. The van der Waals surface area contributed by atoms with E-state index < -0.39 is 5.97 Å². The minimum Gasteiger partial charge on any atom is -0.508 e. The molecule has 0 bridgehead atoms. The lowest BCUT2D eigenvalue weighted by atomic mass is 10.1. The molecule has 3 N–H and O–H groups in total. The van der Waals surface area contributed by atoms with Crippen LogP contribution < -0.4 is 0 Å². The molecule has 1 aromatic carbocycles. The Morgan fingerprint density at radius 2 is 2.00 bits per heavy atom. The highest BCUT2D eigenvalue weighted by molar-refractivity contribution is 5.86. The lowest BCUT2D eigenvalue weighted by Crippen LogP contribution is -1.87. The lowest BCUT2D eigenvalue weighted by molar-refractivity contribution is -0.131. The van der Waals surface area contributed by atoms with Crippen LogP contribution in [0.15, 0.2) is 18.2 Å². The Bertz CT molecular complexity index is 393. The van der Waals surface area contributed by atoms with Crippen molar-refractivity contribution in [2.45, 2.75) is 6.92 Å². The first kappa shape index (κ1) is 10.1. The molecule has 0 fully saturated rings. The third-order valence-electron chi connectivity index (χ3n) is 1.84. The molecule has 4 nitrogen and oxygen atoms in total. The van der Waals surface area contributed by atoms with Gasteiger partial charge in [0.05, 0.1) is 0 Å². The van der Waals surface area contributed by atoms with E-state index in [4.69, 9.17) is 5.11 Å². The summed E-state index contributed by atoms with van der Waals surface area (Å²) in [7, 11) is 0. The van der Waals surface area contributed by atoms with Crippen LogP contribution in [0.5, 0.6) is 11.5 Å². The number of aliphatic carboxylic acids is 1. The van der Waals surface area contributed by atoms with Gasteiger partial charge in [0, 0.05) is 17.2 Å². The van der Waals surface area contributed by atoms with Crippen molar-refractivity contribution < 1.29 is 20.1 Å². The van der Waals surface area contributed by atoms with Crippen LogP contribution in [0.4, 0.5) is 0 Å². The Hall–Kier alpha value is -1.97. The molecule has 0 saturated carbocycles. The standard InChI is InChI=1S/C10H10O4/c1-6-8(11)4-2-7(10(6)14)3-5-9(12)13/h2-5,11,14H,1H3,(H,12,13). The van der Waals surface area contributed by atoms with E-state index in [1.165, 1.54) is 18.2 Å². The van der Waals surface area contributed by atoms with Crippen LogP contribution in [0.25, 0.3) is 6.08 Å². The van der Waals surface area contributed by atoms with Crippen LogP contribution in [0.3, 0.4) is 0 Å². The Kier molecular flexibility index (Phi) is 2.76. The van der Waals surface area contributed by atoms with Gasteiger partial charge in [-0.25, -0.2) is 4.79 Å². The average molecular weight is 194 g/mol. The van der Waals surface area contributed by atoms with Gasteiger partial charge in [-0.2, -0.15) is 0 Å².